The van der Waals surface area contributed by atoms with Gasteiger partial charge in [0.15, 0.2) is 0 Å². The second-order valence-electron chi connectivity index (χ2n) is 5.95. The van der Waals surface area contributed by atoms with E-state index < -0.39 is 0 Å². The number of β-amino-alcohol motifs (C(OH)–C–C–N with tert-alkyl or cyclic N) is 1. The third kappa shape index (κ3) is 4.57. The maximum atomic E-state index is 9.38. The molecule has 0 aromatic heterocycles. The smallest absolute Gasteiger partial charge is 0.0639 e. The molecule has 3 nitrogen and oxygen atoms in total. The summed E-state index contributed by atoms with van der Waals surface area (Å²) in [6.07, 6.45) is 7.08. The predicted octanol–water partition coefficient (Wildman–Crippen LogP) is 1.57. The first-order valence-electron chi connectivity index (χ1n) is 7.37. The minimum atomic E-state index is -0.181. The minimum Gasteiger partial charge on any atom is -0.392 e. The van der Waals surface area contributed by atoms with Gasteiger partial charge in [-0.1, -0.05) is 19.3 Å². The molecule has 1 N–H and O–H groups in total. The number of piperazine rings is 1. The topological polar surface area (TPSA) is 26.7 Å². The Morgan fingerprint density at radius 3 is 2.18 bits per heavy atom. The van der Waals surface area contributed by atoms with Crippen molar-refractivity contribution in [3.8, 4) is 0 Å². The van der Waals surface area contributed by atoms with Gasteiger partial charge in [0.25, 0.3) is 0 Å². The standard InChI is InChI=1S/C14H28N2O/c1-13(17)11-15-7-9-16(10-8-15)12-14-5-3-2-4-6-14/h13-14,17H,2-12H2,1H3/t13-/m1/s1. The Balaban J connectivity index is 1.64. The van der Waals surface area contributed by atoms with Crippen molar-refractivity contribution < 1.29 is 5.11 Å². The highest BCUT2D eigenvalue weighted by atomic mass is 16.3. The zero-order chi connectivity index (χ0) is 12.1. The van der Waals surface area contributed by atoms with Gasteiger partial charge in [0, 0.05) is 39.3 Å². The van der Waals surface area contributed by atoms with E-state index >= 15 is 0 Å². The Bertz CT molecular complexity index is 206. The Kier molecular flexibility index (Phi) is 5.26. The van der Waals surface area contributed by atoms with Crippen molar-refractivity contribution in [1.29, 1.82) is 0 Å². The van der Waals surface area contributed by atoms with Crippen molar-refractivity contribution in [3.05, 3.63) is 0 Å². The first-order valence-corrected chi connectivity index (χ1v) is 7.37. The van der Waals surface area contributed by atoms with Gasteiger partial charge in [0.05, 0.1) is 6.10 Å². The average molecular weight is 240 g/mol. The van der Waals surface area contributed by atoms with E-state index in [1.807, 2.05) is 6.92 Å². The van der Waals surface area contributed by atoms with Crippen LogP contribution in [0.2, 0.25) is 0 Å². The minimum absolute atomic E-state index is 0.181. The van der Waals surface area contributed by atoms with Crippen LogP contribution in [0.1, 0.15) is 39.0 Å². The molecule has 1 heterocycles. The molecule has 1 atom stereocenters. The fourth-order valence-corrected chi connectivity index (χ4v) is 3.26. The second kappa shape index (κ2) is 6.72. The van der Waals surface area contributed by atoms with E-state index in [1.165, 1.54) is 51.7 Å². The predicted molar refractivity (Wildman–Crippen MR) is 71.1 cm³/mol. The lowest BCUT2D eigenvalue weighted by atomic mass is 9.89. The summed E-state index contributed by atoms with van der Waals surface area (Å²) < 4.78 is 0. The summed E-state index contributed by atoms with van der Waals surface area (Å²) in [5.41, 5.74) is 0. The van der Waals surface area contributed by atoms with E-state index in [4.69, 9.17) is 0 Å². The van der Waals surface area contributed by atoms with Crippen LogP contribution in [0.5, 0.6) is 0 Å². The van der Waals surface area contributed by atoms with E-state index in [1.54, 1.807) is 0 Å². The summed E-state index contributed by atoms with van der Waals surface area (Å²) in [6, 6.07) is 0. The number of nitrogens with zero attached hydrogens (tertiary/aromatic N) is 2. The summed E-state index contributed by atoms with van der Waals surface area (Å²) in [5, 5.41) is 9.38. The molecule has 17 heavy (non-hydrogen) atoms. The molecular formula is C14H28N2O. The van der Waals surface area contributed by atoms with E-state index in [2.05, 4.69) is 9.80 Å². The van der Waals surface area contributed by atoms with Gasteiger partial charge in [-0.05, 0) is 25.7 Å². The summed E-state index contributed by atoms with van der Waals surface area (Å²) in [5.74, 6) is 0.965. The molecule has 1 aliphatic carbocycles. The number of aliphatic hydroxyl groups is 1. The van der Waals surface area contributed by atoms with E-state index in [0.29, 0.717) is 0 Å². The van der Waals surface area contributed by atoms with Crippen LogP contribution in [0, 0.1) is 5.92 Å². The zero-order valence-corrected chi connectivity index (χ0v) is 11.3. The molecule has 0 amide bonds. The lowest BCUT2D eigenvalue weighted by Gasteiger charge is -2.37. The molecule has 1 saturated carbocycles. The van der Waals surface area contributed by atoms with Crippen molar-refractivity contribution in [3.63, 3.8) is 0 Å². The Morgan fingerprint density at radius 2 is 1.59 bits per heavy atom. The second-order valence-corrected chi connectivity index (χ2v) is 5.95. The van der Waals surface area contributed by atoms with Gasteiger partial charge in [0.2, 0.25) is 0 Å². The summed E-state index contributed by atoms with van der Waals surface area (Å²) in [4.78, 5) is 5.02. The largest absolute Gasteiger partial charge is 0.392 e. The first-order chi connectivity index (χ1) is 8.24. The van der Waals surface area contributed by atoms with Gasteiger partial charge < -0.3 is 10.0 Å². The van der Waals surface area contributed by atoms with Crippen LogP contribution in [0.15, 0.2) is 0 Å². The average Bonchev–Trinajstić information content (AvgIpc) is 2.32. The molecule has 0 unspecified atom stereocenters. The molecule has 0 bridgehead atoms. The fourth-order valence-electron chi connectivity index (χ4n) is 3.26. The highest BCUT2D eigenvalue weighted by Crippen LogP contribution is 2.24. The Morgan fingerprint density at radius 1 is 1.00 bits per heavy atom. The van der Waals surface area contributed by atoms with E-state index in [9.17, 15) is 5.11 Å². The van der Waals surface area contributed by atoms with Gasteiger partial charge in [-0.25, -0.2) is 0 Å². The van der Waals surface area contributed by atoms with Crippen LogP contribution >= 0.6 is 0 Å². The first kappa shape index (κ1) is 13.3. The molecule has 2 rings (SSSR count). The third-order valence-corrected chi connectivity index (χ3v) is 4.23. The van der Waals surface area contributed by atoms with Crippen LogP contribution in [-0.4, -0.2) is 60.3 Å². The molecule has 0 spiro atoms. The maximum absolute atomic E-state index is 9.38. The van der Waals surface area contributed by atoms with Crippen LogP contribution in [0.3, 0.4) is 0 Å². The lowest BCUT2D eigenvalue weighted by molar-refractivity contribution is 0.0711. The quantitative estimate of drug-likeness (QED) is 0.808. The Hall–Kier alpha value is -0.120. The van der Waals surface area contributed by atoms with Crippen molar-refractivity contribution in [2.75, 3.05) is 39.3 Å². The van der Waals surface area contributed by atoms with Crippen LogP contribution in [0.4, 0.5) is 0 Å². The van der Waals surface area contributed by atoms with Gasteiger partial charge >= 0.3 is 0 Å². The van der Waals surface area contributed by atoms with Crippen LogP contribution in [0.25, 0.3) is 0 Å². The SMILES string of the molecule is C[C@@H](O)CN1CCN(CC2CCCCC2)CC1. The van der Waals surface area contributed by atoms with Gasteiger partial charge in [-0.3, -0.25) is 4.90 Å². The van der Waals surface area contributed by atoms with Crippen molar-refractivity contribution in [2.45, 2.75) is 45.1 Å². The third-order valence-electron chi connectivity index (χ3n) is 4.23. The number of hydrogen-bond acceptors (Lipinski definition) is 3. The van der Waals surface area contributed by atoms with Crippen LogP contribution < -0.4 is 0 Å². The molecule has 100 valence electrons. The molecule has 0 aromatic carbocycles. The molecule has 3 heteroatoms. The molecule has 0 aromatic rings. The van der Waals surface area contributed by atoms with Crippen LogP contribution in [-0.2, 0) is 0 Å². The molecule has 2 aliphatic rings. The van der Waals surface area contributed by atoms with E-state index in [-0.39, 0.29) is 6.10 Å². The summed E-state index contributed by atoms with van der Waals surface area (Å²) in [6.45, 7) is 8.72. The fraction of sp³-hybridized carbons (Fsp3) is 1.00. The molecular weight excluding hydrogens is 212 g/mol. The van der Waals surface area contributed by atoms with Gasteiger partial charge in [-0.15, -0.1) is 0 Å². The van der Waals surface area contributed by atoms with Crippen molar-refractivity contribution in [1.82, 2.24) is 9.80 Å². The Labute approximate surface area is 106 Å². The molecule has 1 aliphatic heterocycles. The molecule has 1 saturated heterocycles. The highest BCUT2D eigenvalue weighted by molar-refractivity contribution is 4.76. The number of rotatable bonds is 4. The number of hydrogen-bond donors (Lipinski definition) is 1. The van der Waals surface area contributed by atoms with Crippen molar-refractivity contribution in [2.24, 2.45) is 5.92 Å². The van der Waals surface area contributed by atoms with Gasteiger partial charge in [0.1, 0.15) is 0 Å². The van der Waals surface area contributed by atoms with Crippen molar-refractivity contribution >= 4 is 0 Å². The monoisotopic (exact) mass is 240 g/mol. The van der Waals surface area contributed by atoms with E-state index in [0.717, 1.165) is 25.6 Å². The molecule has 2 fully saturated rings. The zero-order valence-electron chi connectivity index (χ0n) is 11.3. The van der Waals surface area contributed by atoms with Gasteiger partial charge in [-0.2, -0.15) is 0 Å². The lowest BCUT2D eigenvalue weighted by Crippen LogP contribution is -2.49. The maximum Gasteiger partial charge on any atom is 0.0639 e. The summed E-state index contributed by atoms with van der Waals surface area (Å²) in [7, 11) is 0. The highest BCUT2D eigenvalue weighted by Gasteiger charge is 2.21. The number of aliphatic hydroxyl groups excluding tert-OH is 1. The molecule has 0 radical (unpaired) electrons. The normalized spacial score (nSPS) is 27.2. The summed E-state index contributed by atoms with van der Waals surface area (Å²) >= 11 is 0.